The van der Waals surface area contributed by atoms with Crippen LogP contribution in [-0.4, -0.2) is 41.4 Å². The lowest BCUT2D eigenvalue weighted by atomic mass is 10.1. The van der Waals surface area contributed by atoms with Gasteiger partial charge in [-0.1, -0.05) is 56.1 Å². The molecule has 0 bridgehead atoms. The highest BCUT2D eigenvalue weighted by atomic mass is 79.9. The molecule has 3 rings (SSSR count). The van der Waals surface area contributed by atoms with Crippen LogP contribution in [0.15, 0.2) is 57.5 Å². The molecular weight excluding hydrogens is 476 g/mol. The third kappa shape index (κ3) is 8.42. The van der Waals surface area contributed by atoms with E-state index in [4.69, 9.17) is 19.7 Å². The third-order valence-electron chi connectivity index (χ3n) is 3.99. The second kappa shape index (κ2) is 10.7. The van der Waals surface area contributed by atoms with Crippen molar-refractivity contribution >= 4 is 31.9 Å². The monoisotopic (exact) mass is 500 g/mol. The molecule has 2 aromatic rings. The van der Waals surface area contributed by atoms with Gasteiger partial charge in [-0.25, -0.2) is 0 Å². The van der Waals surface area contributed by atoms with Crippen molar-refractivity contribution in [2.75, 3.05) is 13.2 Å². The first-order chi connectivity index (χ1) is 12.8. The van der Waals surface area contributed by atoms with E-state index in [1.165, 1.54) is 5.56 Å². The lowest BCUT2D eigenvalue weighted by molar-refractivity contribution is -0.138. The van der Waals surface area contributed by atoms with Crippen molar-refractivity contribution in [1.82, 2.24) is 0 Å². The molecule has 2 unspecified atom stereocenters. The Morgan fingerprint density at radius 1 is 1.07 bits per heavy atom. The molecule has 1 aliphatic rings. The number of hydrogen-bond acceptors (Lipinski definition) is 4. The highest BCUT2D eigenvalue weighted by Gasteiger charge is 2.32. The fraction of sp³-hybridized carbons (Fsp3) is 0.429. The fourth-order valence-electron chi connectivity index (χ4n) is 2.79. The summed E-state index contributed by atoms with van der Waals surface area (Å²) in [4.78, 5) is 0. The van der Waals surface area contributed by atoms with Gasteiger partial charge in [-0.2, -0.15) is 0 Å². The van der Waals surface area contributed by atoms with Crippen LogP contribution in [0, 0.1) is 0 Å². The second-order valence-corrected chi connectivity index (χ2v) is 8.79. The molecule has 0 amide bonds. The summed E-state index contributed by atoms with van der Waals surface area (Å²) in [6, 6.07) is 16.0. The van der Waals surface area contributed by atoms with Gasteiger partial charge in [0.25, 0.3) is 0 Å². The number of aliphatic hydroxyl groups excluding tert-OH is 2. The van der Waals surface area contributed by atoms with Crippen LogP contribution in [0.2, 0.25) is 0 Å². The van der Waals surface area contributed by atoms with Gasteiger partial charge in [0, 0.05) is 21.8 Å². The average molecular weight is 502 g/mol. The summed E-state index contributed by atoms with van der Waals surface area (Å²) in [6.07, 6.45) is 0.923. The molecule has 2 N–H and O–H groups in total. The fourth-order valence-corrected chi connectivity index (χ4v) is 3.68. The van der Waals surface area contributed by atoms with E-state index < -0.39 is 11.9 Å². The first-order valence-electron chi connectivity index (χ1n) is 8.87. The standard InChI is InChI=1S/C12H15BrO2.C9H11BrO2/c1-12(2)14-8-11(15-12)7-9-4-3-5-10(13)6-9;10-8-3-1-2-7(4-8)5-9(12)6-11/h3-6,11H,7-8H2,1-2H3;1-4,9,11-12H,5-6H2. The van der Waals surface area contributed by atoms with Gasteiger partial charge < -0.3 is 19.7 Å². The average Bonchev–Trinajstić information content (AvgIpc) is 2.94. The van der Waals surface area contributed by atoms with Crippen LogP contribution in [0.3, 0.4) is 0 Å². The number of rotatable bonds is 5. The van der Waals surface area contributed by atoms with Gasteiger partial charge in [-0.3, -0.25) is 0 Å². The normalized spacial score (nSPS) is 19.3. The van der Waals surface area contributed by atoms with Crippen LogP contribution in [0.1, 0.15) is 25.0 Å². The molecule has 2 atom stereocenters. The SMILES string of the molecule is CC1(C)OCC(Cc2cccc(Br)c2)O1.OCC(O)Cc1cccc(Br)c1. The summed E-state index contributed by atoms with van der Waals surface area (Å²) >= 11 is 6.79. The van der Waals surface area contributed by atoms with Gasteiger partial charge in [-0.05, 0) is 49.2 Å². The van der Waals surface area contributed by atoms with E-state index in [9.17, 15) is 0 Å². The van der Waals surface area contributed by atoms with Crippen molar-refractivity contribution in [2.24, 2.45) is 0 Å². The zero-order valence-electron chi connectivity index (χ0n) is 15.6. The first kappa shape index (κ1) is 22.5. The molecule has 0 aliphatic carbocycles. The molecule has 4 nitrogen and oxygen atoms in total. The van der Waals surface area contributed by atoms with Gasteiger partial charge in [-0.15, -0.1) is 0 Å². The lowest BCUT2D eigenvalue weighted by Crippen LogP contribution is -2.22. The number of ether oxygens (including phenoxy) is 2. The van der Waals surface area contributed by atoms with Gasteiger partial charge in [0.1, 0.15) is 0 Å². The Morgan fingerprint density at radius 2 is 1.67 bits per heavy atom. The van der Waals surface area contributed by atoms with E-state index in [2.05, 4.69) is 44.0 Å². The van der Waals surface area contributed by atoms with Crippen LogP contribution >= 0.6 is 31.9 Å². The molecular formula is C21H26Br2O4. The van der Waals surface area contributed by atoms with Crippen molar-refractivity contribution in [3.63, 3.8) is 0 Å². The Hall–Kier alpha value is -0.760. The van der Waals surface area contributed by atoms with Gasteiger partial charge in [0.2, 0.25) is 0 Å². The quantitative estimate of drug-likeness (QED) is 0.633. The summed E-state index contributed by atoms with van der Waals surface area (Å²) in [7, 11) is 0. The van der Waals surface area contributed by atoms with Gasteiger partial charge in [0.15, 0.2) is 5.79 Å². The van der Waals surface area contributed by atoms with Crippen LogP contribution in [0.25, 0.3) is 0 Å². The maximum absolute atomic E-state index is 9.14. The molecule has 1 heterocycles. The summed E-state index contributed by atoms with van der Waals surface area (Å²) < 4.78 is 13.4. The Morgan fingerprint density at radius 3 is 2.19 bits per heavy atom. The van der Waals surface area contributed by atoms with Crippen LogP contribution < -0.4 is 0 Å². The minimum atomic E-state index is -0.653. The zero-order valence-corrected chi connectivity index (χ0v) is 18.7. The summed E-state index contributed by atoms with van der Waals surface area (Å²) in [5.74, 6) is -0.420. The zero-order chi connectivity index (χ0) is 19.9. The molecule has 1 aliphatic heterocycles. The topological polar surface area (TPSA) is 58.9 Å². The van der Waals surface area contributed by atoms with E-state index >= 15 is 0 Å². The minimum absolute atomic E-state index is 0.175. The molecule has 148 valence electrons. The predicted molar refractivity (Wildman–Crippen MR) is 114 cm³/mol. The maximum Gasteiger partial charge on any atom is 0.163 e. The van der Waals surface area contributed by atoms with E-state index in [-0.39, 0.29) is 12.7 Å². The second-order valence-electron chi connectivity index (χ2n) is 6.96. The Bertz CT molecular complexity index is 721. The maximum atomic E-state index is 9.14. The number of halogens is 2. The minimum Gasteiger partial charge on any atom is -0.394 e. The number of hydrogen-bond donors (Lipinski definition) is 2. The Kier molecular flexibility index (Phi) is 8.92. The van der Waals surface area contributed by atoms with Crippen molar-refractivity contribution in [2.45, 2.75) is 44.7 Å². The number of benzene rings is 2. The van der Waals surface area contributed by atoms with Gasteiger partial charge >= 0.3 is 0 Å². The van der Waals surface area contributed by atoms with Crippen molar-refractivity contribution in [3.05, 3.63) is 68.6 Å². The van der Waals surface area contributed by atoms with Crippen LogP contribution in [-0.2, 0) is 22.3 Å². The smallest absolute Gasteiger partial charge is 0.163 e. The lowest BCUT2D eigenvalue weighted by Gasteiger charge is -2.17. The van der Waals surface area contributed by atoms with E-state index in [1.807, 2.05) is 50.2 Å². The Balaban J connectivity index is 0.000000199. The molecule has 0 saturated carbocycles. The molecule has 0 aromatic heterocycles. The molecule has 6 heteroatoms. The highest BCUT2D eigenvalue weighted by molar-refractivity contribution is 9.10. The Labute approximate surface area is 177 Å². The summed E-state index contributed by atoms with van der Waals surface area (Å²) in [5.41, 5.74) is 2.29. The van der Waals surface area contributed by atoms with Gasteiger partial charge in [0.05, 0.1) is 25.4 Å². The largest absolute Gasteiger partial charge is 0.394 e. The molecule has 27 heavy (non-hydrogen) atoms. The van der Waals surface area contributed by atoms with Crippen LogP contribution in [0.5, 0.6) is 0 Å². The molecule has 1 saturated heterocycles. The van der Waals surface area contributed by atoms with Crippen molar-refractivity contribution in [3.8, 4) is 0 Å². The third-order valence-corrected chi connectivity index (χ3v) is 4.98. The van der Waals surface area contributed by atoms with E-state index in [0.717, 1.165) is 20.9 Å². The molecule has 0 spiro atoms. The first-order valence-corrected chi connectivity index (χ1v) is 10.5. The highest BCUT2D eigenvalue weighted by Crippen LogP contribution is 2.25. The summed E-state index contributed by atoms with van der Waals surface area (Å²) in [6.45, 7) is 4.40. The van der Waals surface area contributed by atoms with Crippen molar-refractivity contribution < 1.29 is 19.7 Å². The molecule has 1 fully saturated rings. The number of aliphatic hydroxyl groups is 2. The molecule has 0 radical (unpaired) electrons. The van der Waals surface area contributed by atoms with E-state index in [1.54, 1.807) is 0 Å². The van der Waals surface area contributed by atoms with Crippen LogP contribution in [0.4, 0.5) is 0 Å². The predicted octanol–water partition coefficient (Wildman–Crippen LogP) is 4.49. The summed E-state index contributed by atoms with van der Waals surface area (Å²) in [5, 5.41) is 17.7. The van der Waals surface area contributed by atoms with E-state index in [0.29, 0.717) is 13.0 Å². The molecule has 2 aromatic carbocycles. The van der Waals surface area contributed by atoms with Crippen molar-refractivity contribution in [1.29, 1.82) is 0 Å².